The Balaban J connectivity index is 1.11. The van der Waals surface area contributed by atoms with E-state index in [2.05, 4.69) is 51.2 Å². The second kappa shape index (κ2) is 15.4. The average Bonchev–Trinajstić information content (AvgIpc) is 3.04. The predicted octanol–water partition coefficient (Wildman–Crippen LogP) is 5.67. The van der Waals surface area contributed by atoms with Gasteiger partial charge in [-0.15, -0.1) is 0 Å². The molecule has 2 saturated heterocycles. The van der Waals surface area contributed by atoms with Gasteiger partial charge < -0.3 is 14.5 Å². The number of aromatic nitrogens is 2. The number of likely N-dealkylation sites (tertiary alicyclic amines) is 1. The minimum atomic E-state index is -0.248. The SMILES string of the molecule is CCOC(=O)C1CCCN(C(=O)c2ccc(CSc3nc(Cl)cc(N4CCN(CC=Cc5ccccc5)CC4)n3)cc2)C1. The van der Waals surface area contributed by atoms with Crippen LogP contribution in [-0.4, -0.2) is 84.1 Å². The van der Waals surface area contributed by atoms with E-state index in [9.17, 15) is 9.59 Å². The van der Waals surface area contributed by atoms with Gasteiger partial charge in [0.1, 0.15) is 11.0 Å². The topological polar surface area (TPSA) is 78.9 Å². The maximum Gasteiger partial charge on any atom is 0.310 e. The second-order valence-corrected chi connectivity index (χ2v) is 12.1. The highest BCUT2D eigenvalue weighted by molar-refractivity contribution is 7.98. The molecule has 2 fully saturated rings. The van der Waals surface area contributed by atoms with E-state index < -0.39 is 0 Å². The Labute approximate surface area is 263 Å². The lowest BCUT2D eigenvalue weighted by Crippen LogP contribution is -2.46. The number of ether oxygens (including phenoxy) is 1. The number of amides is 1. The van der Waals surface area contributed by atoms with Crippen LogP contribution in [0, 0.1) is 5.92 Å². The molecule has 0 radical (unpaired) electrons. The summed E-state index contributed by atoms with van der Waals surface area (Å²) in [6.45, 7) is 7.80. The summed E-state index contributed by atoms with van der Waals surface area (Å²) in [6, 6.07) is 19.8. The highest BCUT2D eigenvalue weighted by Crippen LogP contribution is 2.26. The van der Waals surface area contributed by atoms with E-state index in [4.69, 9.17) is 21.3 Å². The van der Waals surface area contributed by atoms with Crippen molar-refractivity contribution in [2.45, 2.75) is 30.7 Å². The van der Waals surface area contributed by atoms with E-state index in [1.807, 2.05) is 36.4 Å². The third kappa shape index (κ3) is 8.81. The number of rotatable bonds is 10. The molecule has 3 heterocycles. The van der Waals surface area contributed by atoms with E-state index in [1.54, 1.807) is 11.8 Å². The summed E-state index contributed by atoms with van der Waals surface area (Å²) in [7, 11) is 0. The van der Waals surface area contributed by atoms with E-state index in [-0.39, 0.29) is 17.8 Å². The molecule has 2 aromatic carbocycles. The van der Waals surface area contributed by atoms with Crippen molar-refractivity contribution in [3.63, 3.8) is 0 Å². The van der Waals surface area contributed by atoms with Crippen molar-refractivity contribution in [3.8, 4) is 0 Å². The molecule has 0 N–H and O–H groups in total. The third-order valence-corrected chi connectivity index (χ3v) is 8.84. The van der Waals surface area contributed by atoms with Crippen LogP contribution in [-0.2, 0) is 15.3 Å². The van der Waals surface area contributed by atoms with E-state index >= 15 is 0 Å². The molecule has 0 saturated carbocycles. The number of esters is 1. The molecule has 0 bridgehead atoms. The monoisotopic (exact) mass is 619 g/mol. The van der Waals surface area contributed by atoms with Crippen molar-refractivity contribution in [2.75, 3.05) is 57.3 Å². The summed E-state index contributed by atoms with van der Waals surface area (Å²) in [5.41, 5.74) is 2.90. The molecule has 226 valence electrons. The number of hydrogen-bond donors (Lipinski definition) is 0. The van der Waals surface area contributed by atoms with Crippen molar-refractivity contribution in [3.05, 3.63) is 88.6 Å². The lowest BCUT2D eigenvalue weighted by molar-refractivity contribution is -0.149. The molecule has 1 unspecified atom stereocenters. The predicted molar refractivity (Wildman–Crippen MR) is 172 cm³/mol. The zero-order valence-corrected chi connectivity index (χ0v) is 26.1. The molecule has 0 spiro atoms. The summed E-state index contributed by atoms with van der Waals surface area (Å²) in [5.74, 6) is 0.994. The third-order valence-electron chi connectivity index (χ3n) is 7.73. The number of thioether (sulfide) groups is 1. The number of halogens is 1. The molecule has 43 heavy (non-hydrogen) atoms. The number of carbonyl (C=O) groups excluding carboxylic acids is 2. The first-order chi connectivity index (χ1) is 21.0. The first kappa shape index (κ1) is 31.0. The number of anilines is 1. The fourth-order valence-electron chi connectivity index (χ4n) is 5.36. The van der Waals surface area contributed by atoms with Gasteiger partial charge in [0.05, 0.1) is 12.5 Å². The van der Waals surface area contributed by atoms with Crippen LogP contribution in [0.5, 0.6) is 0 Å². The summed E-state index contributed by atoms with van der Waals surface area (Å²) < 4.78 is 5.17. The quantitative estimate of drug-likeness (QED) is 0.124. The Morgan fingerprint density at radius 1 is 1.02 bits per heavy atom. The van der Waals surface area contributed by atoms with Gasteiger partial charge in [-0.3, -0.25) is 14.5 Å². The van der Waals surface area contributed by atoms with Crippen molar-refractivity contribution in [1.82, 2.24) is 19.8 Å². The highest BCUT2D eigenvalue weighted by Gasteiger charge is 2.29. The van der Waals surface area contributed by atoms with Gasteiger partial charge in [-0.05, 0) is 43.0 Å². The fraction of sp³-hybridized carbons (Fsp3) is 0.394. The Kier molecular flexibility index (Phi) is 11.1. The number of carbonyl (C=O) groups is 2. The number of piperidine rings is 1. The minimum absolute atomic E-state index is 0.0525. The zero-order chi connectivity index (χ0) is 30.0. The Bertz CT molecular complexity index is 1400. The standard InChI is InChI=1S/C33H38ClN5O3S/c1-2-42-32(41)28-11-7-17-39(23-28)31(40)27-14-12-26(13-15-27)24-43-33-35-29(34)22-30(36-33)38-20-18-37(19-21-38)16-6-10-25-8-4-3-5-9-25/h3-6,8-10,12-15,22,28H,2,7,11,16-21,23-24H2,1H3. The lowest BCUT2D eigenvalue weighted by atomic mass is 9.97. The summed E-state index contributed by atoms with van der Waals surface area (Å²) in [5, 5.41) is 1.07. The van der Waals surface area contributed by atoms with Gasteiger partial charge in [-0.2, -0.15) is 0 Å². The first-order valence-corrected chi connectivity index (χ1v) is 16.3. The first-order valence-electron chi connectivity index (χ1n) is 14.9. The molecule has 10 heteroatoms. The largest absolute Gasteiger partial charge is 0.466 e. The number of nitrogens with zero attached hydrogens (tertiary/aromatic N) is 5. The van der Waals surface area contributed by atoms with E-state index in [1.165, 1.54) is 17.3 Å². The Morgan fingerprint density at radius 2 is 1.79 bits per heavy atom. The van der Waals surface area contributed by atoms with Gasteiger partial charge in [0.2, 0.25) is 0 Å². The molecule has 3 aromatic rings. The van der Waals surface area contributed by atoms with Crippen molar-refractivity contribution in [1.29, 1.82) is 0 Å². The normalized spacial score (nSPS) is 17.8. The van der Waals surface area contributed by atoms with Crippen LogP contribution in [0.25, 0.3) is 6.08 Å². The van der Waals surface area contributed by atoms with Crippen LogP contribution < -0.4 is 4.90 Å². The fourth-order valence-corrected chi connectivity index (χ4v) is 6.40. The minimum Gasteiger partial charge on any atom is -0.466 e. The van der Waals surface area contributed by atoms with Gasteiger partial charge in [-0.25, -0.2) is 9.97 Å². The maximum atomic E-state index is 13.1. The summed E-state index contributed by atoms with van der Waals surface area (Å²) in [6.07, 6.45) is 5.95. The zero-order valence-electron chi connectivity index (χ0n) is 24.5. The molecule has 2 aliphatic rings. The van der Waals surface area contributed by atoms with Crippen LogP contribution in [0.2, 0.25) is 5.15 Å². The average molecular weight is 620 g/mol. The molecule has 1 amide bonds. The second-order valence-electron chi connectivity index (χ2n) is 10.8. The van der Waals surface area contributed by atoms with Gasteiger partial charge >= 0.3 is 5.97 Å². The molecule has 0 aliphatic carbocycles. The Morgan fingerprint density at radius 3 is 2.53 bits per heavy atom. The summed E-state index contributed by atoms with van der Waals surface area (Å²) in [4.78, 5) is 41.0. The van der Waals surface area contributed by atoms with E-state index in [0.29, 0.717) is 41.3 Å². The van der Waals surface area contributed by atoms with Crippen molar-refractivity contribution in [2.24, 2.45) is 5.92 Å². The van der Waals surface area contributed by atoms with Gasteiger partial charge in [0.25, 0.3) is 5.91 Å². The maximum absolute atomic E-state index is 13.1. The highest BCUT2D eigenvalue weighted by atomic mass is 35.5. The van der Waals surface area contributed by atoms with Crippen LogP contribution >= 0.6 is 23.4 Å². The molecular formula is C33H38ClN5O3S. The van der Waals surface area contributed by atoms with E-state index in [0.717, 1.165) is 56.9 Å². The van der Waals surface area contributed by atoms with Crippen molar-refractivity contribution >= 4 is 47.1 Å². The van der Waals surface area contributed by atoms with Gasteiger partial charge in [0, 0.05) is 63.2 Å². The van der Waals surface area contributed by atoms with Gasteiger partial charge in [0.15, 0.2) is 5.16 Å². The molecule has 1 atom stereocenters. The molecule has 8 nitrogen and oxygen atoms in total. The Hall–Kier alpha value is -3.40. The molecular weight excluding hydrogens is 582 g/mol. The van der Waals surface area contributed by atoms with Crippen LogP contribution in [0.15, 0.2) is 71.9 Å². The lowest BCUT2D eigenvalue weighted by Gasteiger charge is -2.35. The van der Waals surface area contributed by atoms with Gasteiger partial charge in [-0.1, -0.05) is 78.0 Å². The van der Waals surface area contributed by atoms with Crippen LogP contribution in [0.4, 0.5) is 5.82 Å². The summed E-state index contributed by atoms with van der Waals surface area (Å²) >= 11 is 7.93. The van der Waals surface area contributed by atoms with Crippen LogP contribution in [0.3, 0.4) is 0 Å². The number of piperazine rings is 1. The van der Waals surface area contributed by atoms with Crippen LogP contribution in [0.1, 0.15) is 41.3 Å². The van der Waals surface area contributed by atoms with Crippen molar-refractivity contribution < 1.29 is 14.3 Å². The molecule has 2 aliphatic heterocycles. The number of hydrogen-bond acceptors (Lipinski definition) is 8. The number of benzene rings is 2. The molecule has 5 rings (SSSR count). The smallest absolute Gasteiger partial charge is 0.310 e. The molecule has 1 aromatic heterocycles.